The van der Waals surface area contributed by atoms with Crippen LogP contribution < -0.4 is 10.1 Å². The monoisotopic (exact) mass is 273 g/mol. The summed E-state index contributed by atoms with van der Waals surface area (Å²) in [4.78, 5) is 18.9. The zero-order chi connectivity index (χ0) is 14.5. The zero-order valence-corrected chi connectivity index (χ0v) is 11.9. The van der Waals surface area contributed by atoms with E-state index in [1.807, 2.05) is 32.9 Å². The molecule has 106 valence electrons. The van der Waals surface area contributed by atoms with E-state index in [4.69, 9.17) is 4.74 Å². The Morgan fingerprint density at radius 3 is 2.65 bits per heavy atom. The maximum Gasteiger partial charge on any atom is 0.258 e. The molecule has 0 aliphatic rings. The highest BCUT2D eigenvalue weighted by atomic mass is 16.5. The third kappa shape index (κ3) is 3.85. The molecule has 1 atom stereocenters. The van der Waals surface area contributed by atoms with Crippen molar-refractivity contribution in [2.75, 3.05) is 6.61 Å². The van der Waals surface area contributed by atoms with Crippen LogP contribution in [0.5, 0.6) is 5.75 Å². The van der Waals surface area contributed by atoms with E-state index in [-0.39, 0.29) is 18.6 Å². The quantitative estimate of drug-likeness (QED) is 0.878. The van der Waals surface area contributed by atoms with Crippen LogP contribution in [-0.4, -0.2) is 22.5 Å². The minimum Gasteiger partial charge on any atom is -0.484 e. The van der Waals surface area contributed by atoms with E-state index in [2.05, 4.69) is 21.4 Å². The van der Waals surface area contributed by atoms with E-state index in [1.165, 1.54) is 0 Å². The van der Waals surface area contributed by atoms with Crippen molar-refractivity contribution in [2.45, 2.75) is 26.8 Å². The lowest BCUT2D eigenvalue weighted by molar-refractivity contribution is -0.123. The zero-order valence-electron chi connectivity index (χ0n) is 11.9. The number of nitrogens with one attached hydrogen (secondary N) is 2. The lowest BCUT2D eigenvalue weighted by Gasteiger charge is -2.12. The first kappa shape index (κ1) is 14.1. The smallest absolute Gasteiger partial charge is 0.258 e. The Morgan fingerprint density at radius 1 is 1.35 bits per heavy atom. The van der Waals surface area contributed by atoms with E-state index < -0.39 is 0 Å². The van der Waals surface area contributed by atoms with Crippen LogP contribution in [0.15, 0.2) is 30.6 Å². The summed E-state index contributed by atoms with van der Waals surface area (Å²) in [6, 6.07) is 5.72. The number of carbonyl (C=O) groups excluding carboxylic acids is 1. The summed E-state index contributed by atoms with van der Waals surface area (Å²) in [5.41, 5.74) is 2.23. The van der Waals surface area contributed by atoms with Crippen LogP contribution in [0.3, 0.4) is 0 Å². The van der Waals surface area contributed by atoms with E-state index >= 15 is 0 Å². The number of aryl methyl sites for hydroxylation is 2. The molecular formula is C15H19N3O2. The van der Waals surface area contributed by atoms with Gasteiger partial charge in [-0.2, -0.15) is 0 Å². The molecule has 5 nitrogen and oxygen atoms in total. The number of hydrogen-bond donors (Lipinski definition) is 2. The second-order valence-electron chi connectivity index (χ2n) is 4.88. The predicted molar refractivity (Wildman–Crippen MR) is 76.6 cm³/mol. The fourth-order valence-electron chi connectivity index (χ4n) is 2.03. The number of hydrogen-bond acceptors (Lipinski definition) is 3. The molecule has 0 aliphatic carbocycles. The third-order valence-electron chi connectivity index (χ3n) is 2.87. The van der Waals surface area contributed by atoms with Crippen molar-refractivity contribution >= 4 is 5.91 Å². The fourth-order valence-corrected chi connectivity index (χ4v) is 2.03. The standard InChI is InChI=1S/C15H19N3O2/c1-10-6-11(2)8-13(7-10)20-9-14(19)18-12(3)15-16-4-5-17-15/h4-8,12H,9H2,1-3H3,(H,16,17)(H,18,19). The van der Waals surface area contributed by atoms with Crippen molar-refractivity contribution < 1.29 is 9.53 Å². The highest BCUT2D eigenvalue weighted by molar-refractivity contribution is 5.77. The third-order valence-corrected chi connectivity index (χ3v) is 2.87. The van der Waals surface area contributed by atoms with Crippen LogP contribution in [0.25, 0.3) is 0 Å². The van der Waals surface area contributed by atoms with Crippen LogP contribution in [0, 0.1) is 13.8 Å². The molecule has 0 radical (unpaired) electrons. The first-order valence-electron chi connectivity index (χ1n) is 6.54. The van der Waals surface area contributed by atoms with Crippen molar-refractivity contribution in [1.82, 2.24) is 15.3 Å². The topological polar surface area (TPSA) is 67.0 Å². The number of amides is 1. The SMILES string of the molecule is Cc1cc(C)cc(OCC(=O)NC(C)c2ncc[nH]2)c1. The summed E-state index contributed by atoms with van der Waals surface area (Å²) >= 11 is 0. The average molecular weight is 273 g/mol. The summed E-state index contributed by atoms with van der Waals surface area (Å²) in [5, 5.41) is 2.82. The van der Waals surface area contributed by atoms with Crippen LogP contribution in [0.1, 0.15) is 29.9 Å². The van der Waals surface area contributed by atoms with Crippen molar-refractivity contribution in [3.05, 3.63) is 47.5 Å². The van der Waals surface area contributed by atoms with Gasteiger partial charge in [-0.25, -0.2) is 4.98 Å². The van der Waals surface area contributed by atoms with Gasteiger partial charge in [0.2, 0.25) is 0 Å². The Kier molecular flexibility index (Phi) is 4.40. The molecule has 0 spiro atoms. The second kappa shape index (κ2) is 6.23. The molecule has 2 rings (SSSR count). The summed E-state index contributed by atoms with van der Waals surface area (Å²) in [5.74, 6) is 1.26. The Hall–Kier alpha value is -2.30. The number of H-pyrrole nitrogens is 1. The molecule has 1 amide bonds. The van der Waals surface area contributed by atoms with E-state index in [9.17, 15) is 4.79 Å². The van der Waals surface area contributed by atoms with Gasteiger partial charge in [0.25, 0.3) is 5.91 Å². The van der Waals surface area contributed by atoms with Crippen molar-refractivity contribution in [2.24, 2.45) is 0 Å². The summed E-state index contributed by atoms with van der Waals surface area (Å²) in [6.07, 6.45) is 3.38. The number of rotatable bonds is 5. The molecule has 5 heteroatoms. The van der Waals surface area contributed by atoms with E-state index in [0.717, 1.165) is 17.0 Å². The van der Waals surface area contributed by atoms with Gasteiger partial charge in [0.05, 0.1) is 6.04 Å². The molecule has 20 heavy (non-hydrogen) atoms. The number of nitrogens with zero attached hydrogens (tertiary/aromatic N) is 1. The molecule has 1 unspecified atom stereocenters. The first-order chi connectivity index (χ1) is 9.54. The Labute approximate surface area is 118 Å². The van der Waals surface area contributed by atoms with Crippen molar-refractivity contribution in [1.29, 1.82) is 0 Å². The van der Waals surface area contributed by atoms with Crippen LogP contribution in [-0.2, 0) is 4.79 Å². The van der Waals surface area contributed by atoms with Gasteiger partial charge in [-0.3, -0.25) is 4.79 Å². The molecule has 1 aromatic heterocycles. The maximum absolute atomic E-state index is 11.8. The summed E-state index contributed by atoms with van der Waals surface area (Å²) in [7, 11) is 0. The van der Waals surface area contributed by atoms with Crippen molar-refractivity contribution in [3.63, 3.8) is 0 Å². The highest BCUT2D eigenvalue weighted by Gasteiger charge is 2.11. The number of aromatic amines is 1. The molecule has 2 aromatic rings. The molecule has 2 N–H and O–H groups in total. The number of aromatic nitrogens is 2. The Bertz CT molecular complexity index is 559. The normalized spacial score (nSPS) is 11.9. The average Bonchev–Trinajstić information content (AvgIpc) is 2.89. The highest BCUT2D eigenvalue weighted by Crippen LogP contribution is 2.16. The summed E-state index contributed by atoms with van der Waals surface area (Å²) < 4.78 is 5.51. The molecule has 0 aliphatic heterocycles. The molecule has 1 aromatic carbocycles. The minimum atomic E-state index is -0.173. The van der Waals surface area contributed by atoms with Crippen molar-refractivity contribution in [3.8, 4) is 5.75 Å². The molecular weight excluding hydrogens is 254 g/mol. The van der Waals surface area contributed by atoms with Gasteiger partial charge in [-0.05, 0) is 44.0 Å². The number of carbonyl (C=O) groups is 1. The maximum atomic E-state index is 11.8. The number of ether oxygens (including phenoxy) is 1. The largest absolute Gasteiger partial charge is 0.484 e. The number of imidazole rings is 1. The van der Waals surface area contributed by atoms with Gasteiger partial charge >= 0.3 is 0 Å². The second-order valence-corrected chi connectivity index (χ2v) is 4.88. The van der Waals surface area contributed by atoms with Gasteiger partial charge in [-0.15, -0.1) is 0 Å². The lowest BCUT2D eigenvalue weighted by Crippen LogP contribution is -2.31. The van der Waals surface area contributed by atoms with Gasteiger partial charge in [-0.1, -0.05) is 6.07 Å². The van der Waals surface area contributed by atoms with Gasteiger partial charge < -0.3 is 15.0 Å². The van der Waals surface area contributed by atoms with Gasteiger partial charge in [0.1, 0.15) is 11.6 Å². The van der Waals surface area contributed by atoms with Crippen LogP contribution in [0.2, 0.25) is 0 Å². The van der Waals surface area contributed by atoms with E-state index in [0.29, 0.717) is 5.75 Å². The van der Waals surface area contributed by atoms with Crippen LogP contribution >= 0.6 is 0 Å². The Balaban J connectivity index is 1.86. The molecule has 0 saturated carbocycles. The fraction of sp³-hybridized carbons (Fsp3) is 0.333. The molecule has 0 fully saturated rings. The Morgan fingerprint density at radius 2 is 2.05 bits per heavy atom. The molecule has 0 bridgehead atoms. The first-order valence-corrected chi connectivity index (χ1v) is 6.54. The molecule has 1 heterocycles. The lowest BCUT2D eigenvalue weighted by atomic mass is 10.1. The molecule has 0 saturated heterocycles. The predicted octanol–water partition coefficient (Wildman–Crippen LogP) is 2.28. The van der Waals surface area contributed by atoms with Gasteiger partial charge in [0, 0.05) is 12.4 Å². The number of benzene rings is 1. The summed E-state index contributed by atoms with van der Waals surface area (Å²) in [6.45, 7) is 5.86. The van der Waals surface area contributed by atoms with E-state index in [1.54, 1.807) is 12.4 Å². The minimum absolute atomic E-state index is 0.00601. The van der Waals surface area contributed by atoms with Gasteiger partial charge in [0.15, 0.2) is 6.61 Å². The van der Waals surface area contributed by atoms with Crippen LogP contribution in [0.4, 0.5) is 0 Å².